The molecule has 0 radical (unpaired) electrons. The topological polar surface area (TPSA) is 98.0 Å². The molecule has 5 rings (SSSR count). The van der Waals surface area contributed by atoms with E-state index in [-0.39, 0.29) is 58.0 Å². The number of carbonyl (C=O) groups excluding carboxylic acids is 1. The third kappa shape index (κ3) is 2.86. The fourth-order valence-electron chi connectivity index (χ4n) is 10.4. The van der Waals surface area contributed by atoms with Crippen molar-refractivity contribution >= 4 is 5.78 Å². The van der Waals surface area contributed by atoms with Gasteiger partial charge < -0.3 is 20.4 Å². The van der Waals surface area contributed by atoms with E-state index in [1.54, 1.807) is 0 Å². The van der Waals surface area contributed by atoms with Crippen LogP contribution in [0.3, 0.4) is 0 Å². The molecule has 0 aromatic carbocycles. The number of hydrogen-bond acceptors (Lipinski definition) is 5. The van der Waals surface area contributed by atoms with Crippen molar-refractivity contribution in [1.29, 1.82) is 0 Å². The van der Waals surface area contributed by atoms with Crippen LogP contribution in [-0.4, -0.2) is 50.1 Å². The minimum atomic E-state index is -0.954. The van der Waals surface area contributed by atoms with Crippen molar-refractivity contribution in [1.82, 2.24) is 0 Å². The van der Waals surface area contributed by atoms with Crippen LogP contribution in [0.2, 0.25) is 0 Å². The van der Waals surface area contributed by atoms with Crippen molar-refractivity contribution in [3.63, 3.8) is 0 Å². The van der Waals surface area contributed by atoms with Gasteiger partial charge in [-0.3, -0.25) is 4.79 Å². The Morgan fingerprint density at radius 3 is 2.28 bits per heavy atom. The van der Waals surface area contributed by atoms with E-state index in [4.69, 9.17) is 0 Å². The van der Waals surface area contributed by atoms with Crippen molar-refractivity contribution in [2.24, 2.45) is 58.2 Å². The molecule has 0 aromatic rings. The largest absolute Gasteiger partial charge is 0.393 e. The second kappa shape index (κ2) is 7.26. The number of aliphatic hydroxyl groups is 4. The minimum absolute atomic E-state index is 0.125. The molecule has 0 unspecified atom stereocenters. The van der Waals surface area contributed by atoms with Crippen molar-refractivity contribution in [3.8, 4) is 0 Å². The van der Waals surface area contributed by atoms with Gasteiger partial charge in [-0.05, 0) is 85.4 Å². The third-order valence-corrected chi connectivity index (χ3v) is 11.3. The van der Waals surface area contributed by atoms with Crippen LogP contribution in [0.15, 0.2) is 0 Å². The highest BCUT2D eigenvalue weighted by Crippen LogP contribution is 2.71. The van der Waals surface area contributed by atoms with E-state index in [1.807, 2.05) is 0 Å². The highest BCUT2D eigenvalue weighted by Gasteiger charge is 2.73. The van der Waals surface area contributed by atoms with Gasteiger partial charge in [0, 0.05) is 11.8 Å². The van der Waals surface area contributed by atoms with Crippen LogP contribution < -0.4 is 0 Å². The van der Waals surface area contributed by atoms with Crippen molar-refractivity contribution < 1.29 is 25.2 Å². The molecule has 4 N–H and O–H groups in total. The van der Waals surface area contributed by atoms with Gasteiger partial charge in [0.1, 0.15) is 5.78 Å². The van der Waals surface area contributed by atoms with Gasteiger partial charge in [0.2, 0.25) is 0 Å². The van der Waals surface area contributed by atoms with Gasteiger partial charge >= 0.3 is 0 Å². The van der Waals surface area contributed by atoms with Crippen LogP contribution in [-0.2, 0) is 4.79 Å². The number of ketones is 1. The molecule has 5 aliphatic rings. The molecule has 0 aromatic heterocycles. The van der Waals surface area contributed by atoms with Gasteiger partial charge in [0.15, 0.2) is 0 Å². The monoisotopic (exact) mass is 448 g/mol. The van der Waals surface area contributed by atoms with E-state index in [2.05, 4.69) is 34.6 Å². The second-order valence-electron chi connectivity index (χ2n) is 13.5. The summed E-state index contributed by atoms with van der Waals surface area (Å²) in [4.78, 5) is 14.2. The van der Waals surface area contributed by atoms with Gasteiger partial charge in [-0.15, -0.1) is 0 Å². The molecule has 0 aliphatic heterocycles. The minimum Gasteiger partial charge on any atom is -0.393 e. The Balaban J connectivity index is 1.56. The van der Waals surface area contributed by atoms with Crippen molar-refractivity contribution in [3.05, 3.63) is 0 Å². The standard InChI is InChI=1S/C27H44O5/c1-13(2)11-27(32)12-14(3)19-21(27)24(31)20-18-16(7-9-26(19,20)5)25(4)8-6-15(28)10-17(25)22(29)23(18)30/h13-23,28-30,32H,6-12H2,1-5H3/t14-,15-,16+,17+,18-,19+,20+,21-,22-,23-,25-,26-,27+/m1/s1. The zero-order valence-corrected chi connectivity index (χ0v) is 20.5. The summed E-state index contributed by atoms with van der Waals surface area (Å²) >= 11 is 0. The molecule has 0 spiro atoms. The summed E-state index contributed by atoms with van der Waals surface area (Å²) in [6.07, 6.45) is 3.06. The van der Waals surface area contributed by atoms with E-state index in [1.165, 1.54) is 0 Å². The number of rotatable bonds is 2. The number of Topliss-reactive ketones (excluding diaryl/α,β-unsaturated/α-hetero) is 1. The molecule has 0 heterocycles. The zero-order valence-electron chi connectivity index (χ0n) is 20.5. The Labute approximate surface area is 193 Å². The normalized spacial score (nSPS) is 59.5. The maximum absolute atomic E-state index is 14.2. The van der Waals surface area contributed by atoms with E-state index >= 15 is 0 Å². The Morgan fingerprint density at radius 1 is 0.969 bits per heavy atom. The lowest BCUT2D eigenvalue weighted by atomic mass is 9.43. The number of hydrogen-bond donors (Lipinski definition) is 4. The summed E-state index contributed by atoms with van der Waals surface area (Å²) in [5, 5.41) is 44.7. The fourth-order valence-corrected chi connectivity index (χ4v) is 10.4. The Hall–Kier alpha value is -0.490. The molecule has 182 valence electrons. The van der Waals surface area contributed by atoms with Gasteiger partial charge in [0.05, 0.1) is 29.8 Å². The van der Waals surface area contributed by atoms with Gasteiger partial charge in [-0.2, -0.15) is 0 Å². The van der Waals surface area contributed by atoms with Crippen LogP contribution in [0.5, 0.6) is 0 Å². The summed E-state index contributed by atoms with van der Waals surface area (Å²) in [6, 6.07) is 0. The van der Waals surface area contributed by atoms with E-state index in [0.717, 1.165) is 25.7 Å². The first-order chi connectivity index (χ1) is 14.8. The first kappa shape index (κ1) is 23.3. The zero-order chi connectivity index (χ0) is 23.4. The lowest BCUT2D eigenvalue weighted by molar-refractivity contribution is -0.221. The Kier molecular flexibility index (Phi) is 5.27. The molecular formula is C27H44O5. The Morgan fingerprint density at radius 2 is 1.62 bits per heavy atom. The fraction of sp³-hybridized carbons (Fsp3) is 0.963. The molecule has 0 bridgehead atoms. The van der Waals surface area contributed by atoms with Crippen LogP contribution in [0.1, 0.15) is 79.6 Å². The Bertz CT molecular complexity index is 782. The lowest BCUT2D eigenvalue weighted by Crippen LogP contribution is -2.65. The van der Waals surface area contributed by atoms with Crippen LogP contribution in [0.25, 0.3) is 0 Å². The van der Waals surface area contributed by atoms with E-state index < -0.39 is 23.9 Å². The maximum atomic E-state index is 14.2. The molecule has 5 heteroatoms. The first-order valence-corrected chi connectivity index (χ1v) is 13.2. The quantitative estimate of drug-likeness (QED) is 0.520. The SMILES string of the molecule is CC(C)C[C@]1(O)C[C@@H](C)[C@H]2[C@@H]1C(=O)[C@@H]1[C@@H]3[C@@H](O)[C@H](O)[C@@H]4C[C@H](O)CC[C@]4(C)[C@H]3CC[C@]21C. The van der Waals surface area contributed by atoms with Gasteiger partial charge in [-0.1, -0.05) is 34.6 Å². The predicted molar refractivity (Wildman–Crippen MR) is 121 cm³/mol. The summed E-state index contributed by atoms with van der Waals surface area (Å²) < 4.78 is 0. The van der Waals surface area contributed by atoms with Crippen LogP contribution >= 0.6 is 0 Å². The van der Waals surface area contributed by atoms with Crippen molar-refractivity contribution in [2.75, 3.05) is 0 Å². The van der Waals surface area contributed by atoms with Crippen LogP contribution in [0.4, 0.5) is 0 Å². The second-order valence-corrected chi connectivity index (χ2v) is 13.5. The van der Waals surface area contributed by atoms with Gasteiger partial charge in [0.25, 0.3) is 0 Å². The molecule has 5 aliphatic carbocycles. The summed E-state index contributed by atoms with van der Waals surface area (Å²) in [7, 11) is 0. The highest BCUT2D eigenvalue weighted by atomic mass is 16.3. The molecular weight excluding hydrogens is 404 g/mol. The van der Waals surface area contributed by atoms with Gasteiger partial charge in [-0.25, -0.2) is 0 Å². The molecule has 0 amide bonds. The highest BCUT2D eigenvalue weighted by molar-refractivity contribution is 5.89. The number of carbonyl (C=O) groups is 1. The molecule has 5 saturated carbocycles. The predicted octanol–water partition coefficient (Wildman–Crippen LogP) is 3.17. The molecule has 0 saturated heterocycles. The molecule has 5 fully saturated rings. The average Bonchev–Trinajstić information content (AvgIpc) is 3.10. The average molecular weight is 449 g/mol. The maximum Gasteiger partial charge on any atom is 0.143 e. The summed E-state index contributed by atoms with van der Waals surface area (Å²) in [6.45, 7) is 10.9. The van der Waals surface area contributed by atoms with E-state index in [0.29, 0.717) is 25.2 Å². The smallest absolute Gasteiger partial charge is 0.143 e. The first-order valence-electron chi connectivity index (χ1n) is 13.2. The molecule has 32 heavy (non-hydrogen) atoms. The summed E-state index contributed by atoms with van der Waals surface area (Å²) in [5.74, 6) is 0.0388. The summed E-state index contributed by atoms with van der Waals surface area (Å²) in [5.41, 5.74) is -1.35. The van der Waals surface area contributed by atoms with Crippen molar-refractivity contribution in [2.45, 2.75) is 103 Å². The van der Waals surface area contributed by atoms with E-state index in [9.17, 15) is 25.2 Å². The molecule has 5 nitrogen and oxygen atoms in total. The molecule has 13 atom stereocenters. The lowest BCUT2D eigenvalue weighted by Gasteiger charge is -2.63. The number of aliphatic hydroxyl groups excluding tert-OH is 3. The van der Waals surface area contributed by atoms with Crippen LogP contribution in [0, 0.1) is 58.2 Å². The third-order valence-electron chi connectivity index (χ3n) is 11.3. The number of fused-ring (bicyclic) bond motifs is 7.